The van der Waals surface area contributed by atoms with Crippen molar-refractivity contribution in [2.24, 2.45) is 0 Å². The highest BCUT2D eigenvalue weighted by Gasteiger charge is 2.49. The predicted molar refractivity (Wildman–Crippen MR) is 159 cm³/mol. The molecule has 0 spiro atoms. The summed E-state index contributed by atoms with van der Waals surface area (Å²) in [5.74, 6) is -0.503. The summed E-state index contributed by atoms with van der Waals surface area (Å²) in [4.78, 5) is 26.7. The van der Waals surface area contributed by atoms with E-state index in [1.54, 1.807) is 20.8 Å². The summed E-state index contributed by atoms with van der Waals surface area (Å²) in [6.07, 6.45) is -0.325. The Labute approximate surface area is 243 Å². The molecule has 0 saturated heterocycles. The second kappa shape index (κ2) is 14.1. The average Bonchev–Trinajstić information content (AvgIpc) is 2.95. The number of rotatable bonds is 9. The number of halogens is 1. The minimum absolute atomic E-state index is 0. The molecule has 4 aromatic carbocycles. The third kappa shape index (κ3) is 7.94. The molecule has 0 aromatic heterocycles. The molecule has 0 unspecified atom stereocenters. The van der Waals surface area contributed by atoms with Crippen LogP contribution in [0.25, 0.3) is 0 Å². The number of benzene rings is 4. The van der Waals surface area contributed by atoms with Crippen molar-refractivity contribution in [1.29, 1.82) is 0 Å². The maximum atomic E-state index is 13.7. The van der Waals surface area contributed by atoms with Crippen LogP contribution in [0.1, 0.15) is 26.3 Å². The van der Waals surface area contributed by atoms with Crippen molar-refractivity contribution in [3.8, 4) is 0 Å². The van der Waals surface area contributed by atoms with Crippen LogP contribution in [-0.4, -0.2) is 29.9 Å². The largest absolute Gasteiger partial charge is 1.00 e. The first-order valence-corrected chi connectivity index (χ1v) is 15.0. The van der Waals surface area contributed by atoms with Gasteiger partial charge in [-0.25, -0.2) is 9.59 Å². The zero-order valence-corrected chi connectivity index (χ0v) is 24.6. The van der Waals surface area contributed by atoms with Crippen molar-refractivity contribution >= 4 is 35.2 Å². The molecule has 208 valence electrons. The first kappa shape index (κ1) is 30.9. The monoisotopic (exact) mass is 575 g/mol. The van der Waals surface area contributed by atoms with Gasteiger partial charge in [0, 0.05) is 0 Å². The van der Waals surface area contributed by atoms with E-state index in [1.165, 1.54) is 0 Å². The van der Waals surface area contributed by atoms with Gasteiger partial charge in [0.25, 0.3) is 0 Å². The molecule has 1 atom stereocenters. The summed E-state index contributed by atoms with van der Waals surface area (Å²) in [6.45, 7) is 5.50. The second-order valence-corrected chi connectivity index (χ2v) is 13.8. The fraction of sp³-hybridized carbons (Fsp3) is 0.212. The minimum Gasteiger partial charge on any atom is -1.00 e. The number of carbonyl (C=O) groups is 2. The molecule has 1 N–H and O–H groups in total. The molecule has 0 saturated carbocycles. The summed E-state index contributed by atoms with van der Waals surface area (Å²) in [5.41, 5.74) is 0.157. The molecule has 40 heavy (non-hydrogen) atoms. The van der Waals surface area contributed by atoms with Crippen molar-refractivity contribution in [1.82, 2.24) is 5.32 Å². The highest BCUT2D eigenvalue weighted by atomic mass is 35.5. The Hall–Kier alpha value is -3.66. The average molecular weight is 576 g/mol. The summed E-state index contributed by atoms with van der Waals surface area (Å²) in [6, 6.07) is 39.2. The second-order valence-electron chi connectivity index (χ2n) is 10.3. The van der Waals surface area contributed by atoms with E-state index in [0.717, 1.165) is 21.5 Å². The van der Waals surface area contributed by atoms with Gasteiger partial charge in [-0.2, -0.15) is 0 Å². The Morgan fingerprint density at radius 2 is 1.10 bits per heavy atom. The van der Waals surface area contributed by atoms with Crippen LogP contribution >= 0.6 is 7.26 Å². The lowest BCUT2D eigenvalue weighted by atomic mass is 10.2. The van der Waals surface area contributed by atoms with Crippen LogP contribution in [0.4, 0.5) is 4.79 Å². The van der Waals surface area contributed by atoms with Crippen LogP contribution < -0.4 is 33.6 Å². The summed E-state index contributed by atoms with van der Waals surface area (Å²) >= 11 is 0. The third-order valence-corrected chi connectivity index (χ3v) is 10.7. The smallest absolute Gasteiger partial charge is 0.408 e. The van der Waals surface area contributed by atoms with E-state index in [9.17, 15) is 9.59 Å². The Morgan fingerprint density at radius 3 is 1.50 bits per heavy atom. The van der Waals surface area contributed by atoms with Crippen molar-refractivity contribution in [3.63, 3.8) is 0 Å². The third-order valence-electron chi connectivity index (χ3n) is 6.25. The number of hydrogen-bond acceptors (Lipinski definition) is 4. The van der Waals surface area contributed by atoms with Gasteiger partial charge in [-0.1, -0.05) is 84.9 Å². The van der Waals surface area contributed by atoms with Crippen LogP contribution in [0.2, 0.25) is 0 Å². The van der Waals surface area contributed by atoms with Gasteiger partial charge in [0.15, 0.2) is 6.04 Å². The molecule has 7 heteroatoms. The van der Waals surface area contributed by atoms with E-state index in [2.05, 4.69) is 41.7 Å². The number of carbonyl (C=O) groups excluding carboxylic acids is 2. The molecule has 1 amide bonds. The Bertz CT molecular complexity index is 1250. The number of ether oxygens (including phenoxy) is 2. The van der Waals surface area contributed by atoms with Gasteiger partial charge in [-0.3, -0.25) is 0 Å². The van der Waals surface area contributed by atoms with Gasteiger partial charge in [0.1, 0.15) is 41.5 Å². The molecular weight excluding hydrogens is 541 g/mol. The van der Waals surface area contributed by atoms with Crippen LogP contribution in [-0.2, 0) is 20.9 Å². The molecule has 0 fully saturated rings. The summed E-state index contributed by atoms with van der Waals surface area (Å²) in [7, 11) is -2.44. The Kier molecular flexibility index (Phi) is 10.9. The molecule has 0 aliphatic rings. The SMILES string of the molecule is CC(C)(C)OC(=O)N[C@@H](C[P+](c1ccccc1)(c1ccccc1)c1ccccc1)C(=O)OCc1ccccc1.[Cl-]. The molecular formula is C33H35ClNO4P. The number of hydrogen-bond donors (Lipinski definition) is 1. The highest BCUT2D eigenvalue weighted by molar-refractivity contribution is 7.95. The van der Waals surface area contributed by atoms with Gasteiger partial charge in [-0.05, 0) is 62.7 Å². The molecule has 0 heterocycles. The lowest BCUT2D eigenvalue weighted by Crippen LogP contribution is -3.00. The van der Waals surface area contributed by atoms with E-state index in [4.69, 9.17) is 9.47 Å². The zero-order valence-electron chi connectivity index (χ0n) is 23.0. The van der Waals surface area contributed by atoms with E-state index in [-0.39, 0.29) is 19.0 Å². The standard InChI is InChI=1S/C33H34NO4P.ClH/c1-33(2,3)38-32(36)34-30(31(35)37-24-26-16-8-4-9-17-26)25-39(27-18-10-5-11-19-27,28-20-12-6-13-21-28)29-22-14-7-15-23-29;/h4-23,30H,24-25H2,1-3H3;1H/t30-;/m0./s1. The number of alkyl carbamates (subject to hydrolysis) is 1. The van der Waals surface area contributed by atoms with Crippen LogP contribution in [0.3, 0.4) is 0 Å². The maximum absolute atomic E-state index is 13.7. The van der Waals surface area contributed by atoms with Gasteiger partial charge >= 0.3 is 12.1 Å². The summed E-state index contributed by atoms with van der Waals surface area (Å²) in [5, 5.41) is 6.18. The van der Waals surface area contributed by atoms with Gasteiger partial charge in [0.2, 0.25) is 0 Å². The molecule has 4 rings (SSSR count). The number of amides is 1. The number of esters is 1. The van der Waals surface area contributed by atoms with E-state index < -0.39 is 31.0 Å². The first-order valence-electron chi connectivity index (χ1n) is 13.0. The quantitative estimate of drug-likeness (QED) is 0.246. The predicted octanol–water partition coefficient (Wildman–Crippen LogP) is 2.62. The van der Waals surface area contributed by atoms with Gasteiger partial charge in [0.05, 0.1) is 0 Å². The van der Waals surface area contributed by atoms with Crippen molar-refractivity contribution in [2.45, 2.75) is 39.0 Å². The fourth-order valence-electron chi connectivity index (χ4n) is 4.54. The molecule has 0 aliphatic heterocycles. The van der Waals surface area contributed by atoms with Crippen LogP contribution in [0, 0.1) is 0 Å². The lowest BCUT2D eigenvalue weighted by Gasteiger charge is -2.31. The van der Waals surface area contributed by atoms with Crippen LogP contribution in [0.15, 0.2) is 121 Å². The molecule has 0 radical (unpaired) electrons. The first-order chi connectivity index (χ1) is 18.8. The molecule has 0 bridgehead atoms. The Balaban J connectivity index is 0.00000441. The fourth-order valence-corrected chi connectivity index (χ4v) is 8.90. The van der Waals surface area contributed by atoms with Crippen molar-refractivity contribution in [3.05, 3.63) is 127 Å². The normalized spacial score (nSPS) is 12.0. The van der Waals surface area contributed by atoms with Gasteiger partial charge in [-0.15, -0.1) is 0 Å². The topological polar surface area (TPSA) is 64.6 Å². The van der Waals surface area contributed by atoms with Crippen LogP contribution in [0.5, 0.6) is 0 Å². The summed E-state index contributed by atoms with van der Waals surface area (Å²) < 4.78 is 11.4. The highest BCUT2D eigenvalue weighted by Crippen LogP contribution is 2.55. The molecule has 0 aliphatic carbocycles. The van der Waals surface area contributed by atoms with Crippen molar-refractivity contribution in [2.75, 3.05) is 6.16 Å². The zero-order chi connectivity index (χ0) is 27.7. The van der Waals surface area contributed by atoms with E-state index in [1.807, 2.05) is 84.9 Å². The van der Waals surface area contributed by atoms with Crippen molar-refractivity contribution < 1.29 is 31.5 Å². The van der Waals surface area contributed by atoms with Gasteiger partial charge < -0.3 is 27.2 Å². The van der Waals surface area contributed by atoms with E-state index in [0.29, 0.717) is 6.16 Å². The maximum Gasteiger partial charge on any atom is 0.408 e. The molecule has 4 aromatic rings. The Morgan fingerprint density at radius 1 is 0.700 bits per heavy atom. The minimum atomic E-state index is -2.44. The lowest BCUT2D eigenvalue weighted by molar-refractivity contribution is -0.146. The number of nitrogens with one attached hydrogen (secondary N) is 1. The van der Waals surface area contributed by atoms with E-state index >= 15 is 0 Å². The molecule has 5 nitrogen and oxygen atoms in total.